The molecule has 0 unspecified atom stereocenters. The molecule has 3 aromatic rings. The summed E-state index contributed by atoms with van der Waals surface area (Å²) in [4.78, 5) is 25.6. The highest BCUT2D eigenvalue weighted by Crippen LogP contribution is 2.47. The first-order chi connectivity index (χ1) is 14.1. The van der Waals surface area contributed by atoms with Crippen LogP contribution in [0.2, 0.25) is 0 Å². The molecule has 1 aliphatic heterocycles. The van der Waals surface area contributed by atoms with Crippen LogP contribution in [0.4, 0.5) is 0 Å². The lowest BCUT2D eigenvalue weighted by atomic mass is 9.87. The highest BCUT2D eigenvalue weighted by atomic mass is 16.6. The van der Waals surface area contributed by atoms with E-state index in [0.717, 1.165) is 0 Å². The smallest absolute Gasteiger partial charge is 0.348 e. The lowest BCUT2D eigenvalue weighted by Crippen LogP contribution is -2.32. The Morgan fingerprint density at radius 2 is 1.90 bits per heavy atom. The summed E-state index contributed by atoms with van der Waals surface area (Å²) in [6.07, 6.45) is -1.04. The van der Waals surface area contributed by atoms with E-state index in [1.807, 2.05) is 6.07 Å². The summed E-state index contributed by atoms with van der Waals surface area (Å²) in [6, 6.07) is 12.2. The molecule has 0 spiro atoms. The number of fused-ring (bicyclic) bond motifs is 3. The van der Waals surface area contributed by atoms with Crippen LogP contribution >= 0.6 is 0 Å². The molecular formula is C22H20O7. The minimum Gasteiger partial charge on any atom is -0.497 e. The number of hydrogen-bond acceptors (Lipinski definition) is 7. The summed E-state index contributed by atoms with van der Waals surface area (Å²) >= 11 is 0. The van der Waals surface area contributed by atoms with Crippen molar-refractivity contribution in [2.24, 2.45) is 0 Å². The lowest BCUT2D eigenvalue weighted by molar-refractivity contribution is -0.151. The summed E-state index contributed by atoms with van der Waals surface area (Å²) in [5, 5.41) is 0.617. The van der Waals surface area contributed by atoms with Gasteiger partial charge < -0.3 is 23.4 Å². The van der Waals surface area contributed by atoms with Gasteiger partial charge in [0.15, 0.2) is 0 Å². The highest BCUT2D eigenvalue weighted by Gasteiger charge is 2.46. The van der Waals surface area contributed by atoms with Crippen LogP contribution in [-0.4, -0.2) is 32.9 Å². The number of carbonyl (C=O) groups excluding carboxylic acids is 1. The van der Waals surface area contributed by atoms with Gasteiger partial charge in [0.25, 0.3) is 0 Å². The molecule has 150 valence electrons. The zero-order chi connectivity index (χ0) is 20.5. The average Bonchev–Trinajstić information content (AvgIpc) is 3.15. The maximum Gasteiger partial charge on any atom is 0.348 e. The third-order valence-electron chi connectivity index (χ3n) is 4.95. The number of para-hydroxylation sites is 1. The third kappa shape index (κ3) is 3.08. The molecule has 0 saturated carbocycles. The van der Waals surface area contributed by atoms with Gasteiger partial charge in [-0.3, -0.25) is 0 Å². The van der Waals surface area contributed by atoms with Gasteiger partial charge in [0.1, 0.15) is 22.8 Å². The Kier molecular flexibility index (Phi) is 4.88. The van der Waals surface area contributed by atoms with Gasteiger partial charge in [-0.25, -0.2) is 9.59 Å². The van der Waals surface area contributed by atoms with Crippen LogP contribution in [0.15, 0.2) is 51.7 Å². The SMILES string of the molecule is CCOC(=O)[C@H]1Oc2c(c(=O)oc3ccccc23)[C@H]1c1ccc(OC)cc1OC. The van der Waals surface area contributed by atoms with Crippen molar-refractivity contribution in [2.45, 2.75) is 18.9 Å². The fourth-order valence-corrected chi connectivity index (χ4v) is 3.68. The molecule has 0 aliphatic carbocycles. The zero-order valence-electron chi connectivity index (χ0n) is 16.3. The van der Waals surface area contributed by atoms with Crippen LogP contribution in [0.5, 0.6) is 17.2 Å². The predicted molar refractivity (Wildman–Crippen MR) is 105 cm³/mol. The first-order valence-electron chi connectivity index (χ1n) is 9.20. The maximum atomic E-state index is 12.9. The van der Waals surface area contributed by atoms with Crippen molar-refractivity contribution in [2.75, 3.05) is 20.8 Å². The zero-order valence-corrected chi connectivity index (χ0v) is 16.3. The average molecular weight is 396 g/mol. The van der Waals surface area contributed by atoms with Gasteiger partial charge in [-0.05, 0) is 25.1 Å². The number of rotatable bonds is 5. The van der Waals surface area contributed by atoms with Crippen molar-refractivity contribution in [3.8, 4) is 17.2 Å². The molecule has 0 bridgehead atoms. The maximum absolute atomic E-state index is 12.9. The monoisotopic (exact) mass is 396 g/mol. The van der Waals surface area contributed by atoms with Crippen LogP contribution in [-0.2, 0) is 9.53 Å². The number of benzene rings is 2. The van der Waals surface area contributed by atoms with Gasteiger partial charge in [0.2, 0.25) is 6.10 Å². The van der Waals surface area contributed by atoms with E-state index in [2.05, 4.69) is 0 Å². The van der Waals surface area contributed by atoms with Crippen molar-refractivity contribution in [3.05, 3.63) is 64.0 Å². The van der Waals surface area contributed by atoms with Crippen LogP contribution in [0.1, 0.15) is 24.0 Å². The van der Waals surface area contributed by atoms with Crippen molar-refractivity contribution < 1.29 is 28.2 Å². The van der Waals surface area contributed by atoms with Crippen LogP contribution in [0, 0.1) is 0 Å². The Morgan fingerprint density at radius 3 is 2.62 bits per heavy atom. The highest BCUT2D eigenvalue weighted by molar-refractivity contribution is 5.88. The van der Waals surface area contributed by atoms with Gasteiger partial charge in [-0.2, -0.15) is 0 Å². The van der Waals surface area contributed by atoms with Crippen LogP contribution in [0.25, 0.3) is 11.0 Å². The Balaban J connectivity index is 1.97. The molecule has 0 amide bonds. The number of carbonyl (C=O) groups is 1. The van der Waals surface area contributed by atoms with E-state index < -0.39 is 23.6 Å². The van der Waals surface area contributed by atoms with Gasteiger partial charge in [-0.1, -0.05) is 18.2 Å². The number of hydrogen-bond donors (Lipinski definition) is 0. The van der Waals surface area contributed by atoms with Crippen molar-refractivity contribution in [1.29, 1.82) is 0 Å². The Morgan fingerprint density at radius 1 is 1.10 bits per heavy atom. The van der Waals surface area contributed by atoms with Crippen LogP contribution < -0.4 is 19.8 Å². The molecule has 29 heavy (non-hydrogen) atoms. The Bertz CT molecular complexity index is 1130. The van der Waals surface area contributed by atoms with E-state index in [0.29, 0.717) is 33.8 Å². The molecule has 7 nitrogen and oxygen atoms in total. The molecule has 2 heterocycles. The van der Waals surface area contributed by atoms with E-state index in [4.69, 9.17) is 23.4 Å². The van der Waals surface area contributed by atoms with Gasteiger partial charge >= 0.3 is 11.6 Å². The Hall–Kier alpha value is -3.48. The summed E-state index contributed by atoms with van der Waals surface area (Å²) in [5.74, 6) is 0.0780. The topological polar surface area (TPSA) is 84.2 Å². The second-order valence-electron chi connectivity index (χ2n) is 6.50. The van der Waals surface area contributed by atoms with E-state index in [-0.39, 0.29) is 12.2 Å². The molecular weight excluding hydrogens is 376 g/mol. The molecule has 1 aliphatic rings. The fraction of sp³-hybridized carbons (Fsp3) is 0.273. The third-order valence-corrected chi connectivity index (χ3v) is 4.95. The quantitative estimate of drug-likeness (QED) is 0.483. The fourth-order valence-electron chi connectivity index (χ4n) is 3.68. The molecule has 7 heteroatoms. The standard InChI is InChI=1S/C22H20O7/c1-4-27-22(24)20-17(13-10-9-12(25-2)11-16(13)26-3)18-19(29-20)14-7-5-6-8-15(14)28-21(18)23/h5-11,17,20H,4H2,1-3H3/t17-,20+/m1/s1. The molecule has 2 aromatic carbocycles. The summed E-state index contributed by atoms with van der Waals surface area (Å²) in [5.41, 5.74) is 0.701. The minimum absolute atomic E-state index is 0.191. The van der Waals surface area contributed by atoms with Crippen molar-refractivity contribution >= 4 is 16.9 Å². The largest absolute Gasteiger partial charge is 0.497 e. The molecule has 2 atom stereocenters. The van der Waals surface area contributed by atoms with Crippen molar-refractivity contribution in [3.63, 3.8) is 0 Å². The molecule has 0 radical (unpaired) electrons. The van der Waals surface area contributed by atoms with E-state index >= 15 is 0 Å². The number of esters is 1. The Labute approximate surface area is 166 Å². The van der Waals surface area contributed by atoms with Gasteiger partial charge in [-0.15, -0.1) is 0 Å². The summed E-state index contributed by atoms with van der Waals surface area (Å²) < 4.78 is 27.5. The second kappa shape index (κ2) is 7.50. The summed E-state index contributed by atoms with van der Waals surface area (Å²) in [7, 11) is 3.06. The predicted octanol–water partition coefficient (Wildman–Crippen LogP) is 3.27. The molecule has 1 aromatic heterocycles. The first-order valence-corrected chi connectivity index (χ1v) is 9.20. The molecule has 4 rings (SSSR count). The molecule has 0 fully saturated rings. The lowest BCUT2D eigenvalue weighted by Gasteiger charge is -2.20. The molecule has 0 saturated heterocycles. The first kappa shape index (κ1) is 18.9. The number of methoxy groups -OCH3 is 2. The summed E-state index contributed by atoms with van der Waals surface area (Å²) in [6.45, 7) is 1.91. The van der Waals surface area contributed by atoms with E-state index in [9.17, 15) is 9.59 Å². The minimum atomic E-state index is -1.04. The number of ether oxygens (including phenoxy) is 4. The second-order valence-corrected chi connectivity index (χ2v) is 6.50. The normalized spacial score (nSPS) is 17.5. The van der Waals surface area contributed by atoms with E-state index in [1.165, 1.54) is 7.11 Å². The van der Waals surface area contributed by atoms with Gasteiger partial charge in [0.05, 0.1) is 37.7 Å². The van der Waals surface area contributed by atoms with Crippen LogP contribution in [0.3, 0.4) is 0 Å². The van der Waals surface area contributed by atoms with Crippen molar-refractivity contribution in [1.82, 2.24) is 0 Å². The van der Waals surface area contributed by atoms with E-state index in [1.54, 1.807) is 50.4 Å². The molecule has 0 N–H and O–H groups in total. The van der Waals surface area contributed by atoms with Gasteiger partial charge in [0, 0.05) is 11.6 Å².